The molecule has 0 spiro atoms. The zero-order valence-electron chi connectivity index (χ0n) is 18.1. The van der Waals surface area contributed by atoms with Gasteiger partial charge in [-0.3, -0.25) is 14.6 Å². The SMILES string of the molecule is CNC(=O)c1nccc2[nH]c([C@H]3CCCC(F)(F)C3)cc(=O)c12.COc1cccc(F)c1F. The third-order valence-electron chi connectivity index (χ3n) is 5.42. The van der Waals surface area contributed by atoms with Crippen LogP contribution in [-0.4, -0.2) is 36.0 Å². The van der Waals surface area contributed by atoms with Crippen LogP contribution in [0.25, 0.3) is 10.9 Å². The first kappa shape index (κ1) is 24.2. The Bertz CT molecular complexity index is 1210. The lowest BCUT2D eigenvalue weighted by Gasteiger charge is -2.29. The maximum atomic E-state index is 13.6. The Balaban J connectivity index is 0.000000257. The van der Waals surface area contributed by atoms with E-state index in [1.165, 1.54) is 38.6 Å². The highest BCUT2D eigenvalue weighted by molar-refractivity contribution is 6.04. The van der Waals surface area contributed by atoms with E-state index in [1.807, 2.05) is 0 Å². The number of halogens is 4. The van der Waals surface area contributed by atoms with Crippen molar-refractivity contribution in [2.24, 2.45) is 0 Å². The Kier molecular flexibility index (Phi) is 7.35. The molecule has 4 rings (SSSR count). The van der Waals surface area contributed by atoms with Gasteiger partial charge >= 0.3 is 0 Å². The first-order chi connectivity index (χ1) is 15.7. The maximum Gasteiger partial charge on any atom is 0.270 e. The third kappa shape index (κ3) is 5.50. The standard InChI is InChI=1S/C16H17F2N3O2.C7H6F2O/c1-19-15(23)14-13-10(4-6-20-14)21-11(7-12(13)22)9-3-2-5-16(17,18)8-9;1-10-6-4-2-3-5(8)7(6)9/h4,6-7,9H,2-3,5,8H2,1H3,(H,19,23)(H,21,22);2-4H,1H3/t9-;/m0./s1. The molecule has 1 aromatic carbocycles. The molecule has 1 aliphatic rings. The summed E-state index contributed by atoms with van der Waals surface area (Å²) in [5.74, 6) is -5.44. The van der Waals surface area contributed by atoms with Crippen LogP contribution in [0.4, 0.5) is 17.6 Å². The highest BCUT2D eigenvalue weighted by Crippen LogP contribution is 2.41. The van der Waals surface area contributed by atoms with Gasteiger partial charge in [0.15, 0.2) is 17.0 Å². The van der Waals surface area contributed by atoms with Crippen molar-refractivity contribution in [2.75, 3.05) is 14.2 Å². The number of alkyl halides is 2. The van der Waals surface area contributed by atoms with E-state index in [4.69, 9.17) is 0 Å². The van der Waals surface area contributed by atoms with Gasteiger partial charge in [-0.2, -0.15) is 4.39 Å². The van der Waals surface area contributed by atoms with E-state index < -0.39 is 23.5 Å². The highest BCUT2D eigenvalue weighted by atomic mass is 19.3. The molecule has 1 saturated carbocycles. The van der Waals surface area contributed by atoms with E-state index >= 15 is 0 Å². The number of rotatable bonds is 3. The maximum absolute atomic E-state index is 13.6. The van der Waals surface area contributed by atoms with Crippen LogP contribution in [0.15, 0.2) is 41.3 Å². The number of nitrogens with zero attached hydrogens (tertiary/aromatic N) is 1. The molecule has 176 valence electrons. The van der Waals surface area contributed by atoms with Crippen molar-refractivity contribution in [1.29, 1.82) is 0 Å². The molecule has 2 N–H and O–H groups in total. The summed E-state index contributed by atoms with van der Waals surface area (Å²) >= 11 is 0. The van der Waals surface area contributed by atoms with Gasteiger partial charge in [-0.15, -0.1) is 0 Å². The van der Waals surface area contributed by atoms with Gasteiger partial charge in [-0.1, -0.05) is 6.07 Å². The van der Waals surface area contributed by atoms with E-state index in [1.54, 1.807) is 6.07 Å². The fourth-order valence-corrected chi connectivity index (χ4v) is 3.81. The molecule has 2 heterocycles. The van der Waals surface area contributed by atoms with Crippen molar-refractivity contribution >= 4 is 16.8 Å². The number of fused-ring (bicyclic) bond motifs is 1. The smallest absolute Gasteiger partial charge is 0.270 e. The Morgan fingerprint density at radius 1 is 1.27 bits per heavy atom. The molecule has 33 heavy (non-hydrogen) atoms. The van der Waals surface area contributed by atoms with Gasteiger partial charge < -0.3 is 15.0 Å². The molecule has 1 fully saturated rings. The predicted molar refractivity (Wildman–Crippen MR) is 115 cm³/mol. The Morgan fingerprint density at radius 2 is 2.03 bits per heavy atom. The number of hydrogen-bond donors (Lipinski definition) is 2. The fourth-order valence-electron chi connectivity index (χ4n) is 3.81. The van der Waals surface area contributed by atoms with Gasteiger partial charge in [0.05, 0.1) is 18.0 Å². The normalized spacial score (nSPS) is 17.1. The molecule has 3 aromatic rings. The largest absolute Gasteiger partial charge is 0.494 e. The Hall–Kier alpha value is -3.43. The first-order valence-electron chi connectivity index (χ1n) is 10.3. The summed E-state index contributed by atoms with van der Waals surface area (Å²) in [7, 11) is 2.74. The van der Waals surface area contributed by atoms with Crippen molar-refractivity contribution in [3.8, 4) is 5.75 Å². The molecule has 0 bridgehead atoms. The van der Waals surface area contributed by atoms with Crippen LogP contribution in [0.2, 0.25) is 0 Å². The van der Waals surface area contributed by atoms with Gasteiger partial charge in [0, 0.05) is 43.8 Å². The number of aromatic amines is 1. The summed E-state index contributed by atoms with van der Waals surface area (Å²) in [5, 5.41) is 2.61. The molecular formula is C23H23F4N3O3. The zero-order valence-corrected chi connectivity index (χ0v) is 18.1. The Morgan fingerprint density at radius 3 is 2.67 bits per heavy atom. The second-order valence-corrected chi connectivity index (χ2v) is 7.66. The van der Waals surface area contributed by atoms with Crippen LogP contribution >= 0.6 is 0 Å². The van der Waals surface area contributed by atoms with Crippen molar-refractivity contribution in [1.82, 2.24) is 15.3 Å². The molecule has 0 aliphatic heterocycles. The third-order valence-corrected chi connectivity index (χ3v) is 5.42. The summed E-state index contributed by atoms with van der Waals surface area (Å²) in [4.78, 5) is 31.2. The summed E-state index contributed by atoms with van der Waals surface area (Å²) in [6.45, 7) is 0. The van der Waals surface area contributed by atoms with Gasteiger partial charge in [0.2, 0.25) is 11.7 Å². The molecule has 6 nitrogen and oxygen atoms in total. The van der Waals surface area contributed by atoms with E-state index in [9.17, 15) is 27.2 Å². The number of benzene rings is 1. The number of pyridine rings is 2. The quantitative estimate of drug-likeness (QED) is 0.556. The minimum atomic E-state index is -2.69. The number of aromatic nitrogens is 2. The lowest BCUT2D eigenvalue weighted by atomic mass is 9.84. The van der Waals surface area contributed by atoms with Crippen molar-refractivity contribution < 1.29 is 27.1 Å². The minimum Gasteiger partial charge on any atom is -0.494 e. The van der Waals surface area contributed by atoms with Crippen LogP contribution in [0.3, 0.4) is 0 Å². The molecule has 0 unspecified atom stereocenters. The summed E-state index contributed by atoms with van der Waals surface area (Å²) in [6, 6.07) is 6.68. The fraction of sp³-hybridized carbons (Fsp3) is 0.348. The molecule has 1 atom stereocenters. The number of H-pyrrole nitrogens is 1. The molecule has 1 amide bonds. The van der Waals surface area contributed by atoms with E-state index in [0.717, 1.165) is 6.07 Å². The van der Waals surface area contributed by atoms with Gasteiger partial charge in [0.25, 0.3) is 5.91 Å². The number of carbonyl (C=O) groups excluding carboxylic acids is 1. The van der Waals surface area contributed by atoms with E-state index in [2.05, 4.69) is 20.0 Å². The van der Waals surface area contributed by atoms with Crippen molar-refractivity contribution in [2.45, 2.75) is 37.5 Å². The van der Waals surface area contributed by atoms with Crippen molar-refractivity contribution in [3.63, 3.8) is 0 Å². The summed E-state index contributed by atoms with van der Waals surface area (Å²) < 4.78 is 56.6. The molecule has 1 aliphatic carbocycles. The van der Waals surface area contributed by atoms with Crippen LogP contribution in [-0.2, 0) is 0 Å². The number of ether oxygens (including phenoxy) is 1. The number of nitrogens with one attached hydrogen (secondary N) is 2. The van der Waals surface area contributed by atoms with Gasteiger partial charge in [-0.05, 0) is 31.0 Å². The topological polar surface area (TPSA) is 84.1 Å². The van der Waals surface area contributed by atoms with E-state index in [0.29, 0.717) is 24.1 Å². The lowest BCUT2D eigenvalue weighted by Crippen LogP contribution is -2.26. The number of amides is 1. The van der Waals surface area contributed by atoms with E-state index in [-0.39, 0.29) is 41.0 Å². The summed E-state index contributed by atoms with van der Waals surface area (Å²) in [6.07, 6.45) is 2.10. The van der Waals surface area contributed by atoms with Crippen molar-refractivity contribution in [3.05, 3.63) is 69.8 Å². The molecule has 2 aromatic heterocycles. The molecule has 0 radical (unpaired) electrons. The number of carbonyl (C=O) groups is 1. The van der Waals surface area contributed by atoms with Crippen LogP contribution in [0.5, 0.6) is 5.75 Å². The van der Waals surface area contributed by atoms with Gasteiger partial charge in [-0.25, -0.2) is 13.2 Å². The second-order valence-electron chi connectivity index (χ2n) is 7.66. The molecule has 10 heteroatoms. The lowest BCUT2D eigenvalue weighted by molar-refractivity contribution is -0.0412. The highest BCUT2D eigenvalue weighted by Gasteiger charge is 2.37. The first-order valence-corrected chi connectivity index (χ1v) is 10.3. The second kappa shape index (κ2) is 10.0. The average molecular weight is 465 g/mol. The van der Waals surface area contributed by atoms with Gasteiger partial charge in [0.1, 0.15) is 5.69 Å². The van der Waals surface area contributed by atoms with Crippen LogP contribution in [0, 0.1) is 11.6 Å². The van der Waals surface area contributed by atoms with Crippen LogP contribution < -0.4 is 15.5 Å². The molecular weight excluding hydrogens is 442 g/mol. The number of hydrogen-bond acceptors (Lipinski definition) is 4. The monoisotopic (exact) mass is 465 g/mol. The van der Waals surface area contributed by atoms with Crippen LogP contribution in [0.1, 0.15) is 47.8 Å². The molecule has 0 saturated heterocycles. The summed E-state index contributed by atoms with van der Waals surface area (Å²) in [5.41, 5.74) is 0.590. The predicted octanol–water partition coefficient (Wildman–Crippen LogP) is 4.55. The minimum absolute atomic E-state index is 0.0341. The zero-order chi connectivity index (χ0) is 24.2. The Labute approximate surface area is 187 Å². The number of methoxy groups -OCH3 is 1. The average Bonchev–Trinajstić information content (AvgIpc) is 2.79.